The third-order valence-electron chi connectivity index (χ3n) is 6.48. The first-order chi connectivity index (χ1) is 15.7. The number of benzene rings is 3. The van der Waals surface area contributed by atoms with E-state index in [1.807, 2.05) is 66.7 Å². The number of ether oxygens (including phenoxy) is 1. The van der Waals surface area contributed by atoms with Gasteiger partial charge in [0.25, 0.3) is 0 Å². The highest BCUT2D eigenvalue weighted by Crippen LogP contribution is 2.38. The van der Waals surface area contributed by atoms with Crippen LogP contribution in [0.4, 0.5) is 4.79 Å². The Morgan fingerprint density at radius 2 is 1.41 bits per heavy atom. The number of hydrogen-bond donors (Lipinski definition) is 0. The smallest absolute Gasteiger partial charge is 0.417 e. The van der Waals surface area contributed by atoms with Gasteiger partial charge in [0, 0.05) is 25.6 Å². The van der Waals surface area contributed by atoms with E-state index in [4.69, 9.17) is 4.74 Å². The fourth-order valence-corrected chi connectivity index (χ4v) is 4.91. The fraction of sp³-hybridized carbons (Fsp3) is 0.259. The summed E-state index contributed by atoms with van der Waals surface area (Å²) in [5, 5.41) is 0. The standard InChI is InChI=1S/C27H26N2O3/c30-26(29-25(19-32-27(29)31)22-14-8-3-9-15-22)24-18-28(16-20-10-4-1-5-11-20)17-23(24)21-12-6-2-7-13-21/h1-15,23-25H,16-19H2/t23-,24+,25+/m0/s1. The van der Waals surface area contributed by atoms with E-state index < -0.39 is 6.09 Å². The Morgan fingerprint density at radius 1 is 0.812 bits per heavy atom. The first kappa shape index (κ1) is 20.5. The van der Waals surface area contributed by atoms with Crippen LogP contribution in [0.5, 0.6) is 0 Å². The largest absolute Gasteiger partial charge is 0.446 e. The molecule has 0 bridgehead atoms. The molecular weight excluding hydrogens is 400 g/mol. The quantitative estimate of drug-likeness (QED) is 0.597. The van der Waals surface area contributed by atoms with Crippen molar-refractivity contribution in [3.05, 3.63) is 108 Å². The number of nitrogens with zero attached hydrogens (tertiary/aromatic N) is 2. The van der Waals surface area contributed by atoms with E-state index in [0.29, 0.717) is 6.54 Å². The second kappa shape index (κ2) is 8.97. The molecule has 2 saturated heterocycles. The van der Waals surface area contributed by atoms with Crippen molar-refractivity contribution >= 4 is 12.0 Å². The van der Waals surface area contributed by atoms with Crippen LogP contribution < -0.4 is 0 Å². The number of imide groups is 1. The summed E-state index contributed by atoms with van der Waals surface area (Å²) in [4.78, 5) is 30.1. The summed E-state index contributed by atoms with van der Waals surface area (Å²) in [6.07, 6.45) is -0.544. The van der Waals surface area contributed by atoms with E-state index in [1.165, 1.54) is 10.5 Å². The van der Waals surface area contributed by atoms with Crippen molar-refractivity contribution in [2.75, 3.05) is 19.7 Å². The van der Waals surface area contributed by atoms with Gasteiger partial charge in [0.15, 0.2) is 0 Å². The first-order valence-corrected chi connectivity index (χ1v) is 11.1. The van der Waals surface area contributed by atoms with Crippen LogP contribution in [0.1, 0.15) is 28.7 Å². The van der Waals surface area contributed by atoms with Crippen LogP contribution >= 0.6 is 0 Å². The zero-order chi connectivity index (χ0) is 21.9. The number of carbonyl (C=O) groups excluding carboxylic acids is 2. The van der Waals surface area contributed by atoms with Gasteiger partial charge in [-0.15, -0.1) is 0 Å². The number of amides is 2. The lowest BCUT2D eigenvalue weighted by Crippen LogP contribution is -2.41. The fourth-order valence-electron chi connectivity index (χ4n) is 4.91. The number of likely N-dealkylation sites (tertiary alicyclic amines) is 1. The van der Waals surface area contributed by atoms with Crippen LogP contribution in [0.15, 0.2) is 91.0 Å². The molecule has 3 aromatic carbocycles. The normalized spacial score (nSPS) is 23.3. The molecule has 0 N–H and O–H groups in total. The Hall–Kier alpha value is -3.44. The van der Waals surface area contributed by atoms with Crippen LogP contribution in [-0.2, 0) is 16.1 Å². The van der Waals surface area contributed by atoms with Crippen molar-refractivity contribution in [1.82, 2.24) is 9.80 Å². The molecule has 162 valence electrons. The Labute approximate surface area is 188 Å². The van der Waals surface area contributed by atoms with Crippen molar-refractivity contribution < 1.29 is 14.3 Å². The van der Waals surface area contributed by atoms with Gasteiger partial charge in [-0.25, -0.2) is 9.69 Å². The molecule has 3 aromatic rings. The maximum Gasteiger partial charge on any atom is 0.417 e. The average Bonchev–Trinajstić information content (AvgIpc) is 3.44. The van der Waals surface area contributed by atoms with Gasteiger partial charge < -0.3 is 4.74 Å². The van der Waals surface area contributed by atoms with Crippen LogP contribution in [-0.4, -0.2) is 41.5 Å². The molecular formula is C27H26N2O3. The molecule has 0 aromatic heterocycles. The third-order valence-corrected chi connectivity index (χ3v) is 6.48. The summed E-state index contributed by atoms with van der Waals surface area (Å²) in [6.45, 7) is 2.36. The van der Waals surface area contributed by atoms with Crippen molar-refractivity contribution in [3.8, 4) is 0 Å². The summed E-state index contributed by atoms with van der Waals surface area (Å²) >= 11 is 0. The predicted octanol–water partition coefficient (Wildman–Crippen LogP) is 4.62. The maximum absolute atomic E-state index is 13.8. The van der Waals surface area contributed by atoms with E-state index in [-0.39, 0.29) is 30.4 Å². The minimum Gasteiger partial charge on any atom is -0.446 e. The molecule has 5 rings (SSSR count). The molecule has 0 radical (unpaired) electrons. The Kier molecular flexibility index (Phi) is 5.73. The van der Waals surface area contributed by atoms with E-state index in [9.17, 15) is 9.59 Å². The Morgan fingerprint density at radius 3 is 2.06 bits per heavy atom. The molecule has 0 spiro atoms. The van der Waals surface area contributed by atoms with Gasteiger partial charge in [0.1, 0.15) is 12.6 Å². The van der Waals surface area contributed by atoms with Crippen molar-refractivity contribution in [3.63, 3.8) is 0 Å². The van der Waals surface area contributed by atoms with Crippen LogP contribution in [0.25, 0.3) is 0 Å². The molecule has 3 atom stereocenters. The average molecular weight is 427 g/mol. The van der Waals surface area contributed by atoms with Gasteiger partial charge in [0.05, 0.1) is 5.92 Å². The van der Waals surface area contributed by atoms with Crippen LogP contribution in [0.3, 0.4) is 0 Å². The van der Waals surface area contributed by atoms with E-state index in [2.05, 4.69) is 29.2 Å². The maximum atomic E-state index is 13.8. The molecule has 0 aliphatic carbocycles. The molecule has 2 amide bonds. The summed E-state index contributed by atoms with van der Waals surface area (Å²) < 4.78 is 5.33. The highest BCUT2D eigenvalue weighted by atomic mass is 16.6. The third kappa shape index (κ3) is 4.04. The molecule has 2 heterocycles. The zero-order valence-electron chi connectivity index (χ0n) is 17.8. The predicted molar refractivity (Wildman–Crippen MR) is 122 cm³/mol. The lowest BCUT2D eigenvalue weighted by Gasteiger charge is -2.26. The summed E-state index contributed by atoms with van der Waals surface area (Å²) in [6, 6.07) is 29.7. The Balaban J connectivity index is 1.43. The minimum absolute atomic E-state index is 0.0252. The first-order valence-electron chi connectivity index (χ1n) is 11.1. The lowest BCUT2D eigenvalue weighted by atomic mass is 9.87. The SMILES string of the molecule is O=C1OC[C@H](c2ccccc2)N1C(=O)[C@@H]1CN(Cc2ccccc2)C[C@H]1c1ccccc1. The van der Waals surface area contributed by atoms with Gasteiger partial charge >= 0.3 is 6.09 Å². The molecule has 2 aliphatic rings. The topological polar surface area (TPSA) is 49.9 Å². The monoisotopic (exact) mass is 426 g/mol. The number of carbonyl (C=O) groups is 2. The molecule has 5 heteroatoms. The molecule has 2 aliphatic heterocycles. The number of hydrogen-bond acceptors (Lipinski definition) is 4. The van der Waals surface area contributed by atoms with E-state index in [0.717, 1.165) is 24.2 Å². The van der Waals surface area contributed by atoms with E-state index in [1.54, 1.807) is 0 Å². The van der Waals surface area contributed by atoms with Crippen LogP contribution in [0, 0.1) is 5.92 Å². The van der Waals surface area contributed by atoms with Gasteiger partial charge in [0.2, 0.25) is 5.91 Å². The summed E-state index contributed by atoms with van der Waals surface area (Å²) in [5.74, 6) is -0.430. The molecule has 0 saturated carbocycles. The summed E-state index contributed by atoms with van der Waals surface area (Å²) in [7, 11) is 0. The highest BCUT2D eigenvalue weighted by Gasteiger charge is 2.47. The Bertz CT molecular complexity index is 1070. The van der Waals surface area contributed by atoms with Crippen molar-refractivity contribution in [2.24, 2.45) is 5.92 Å². The van der Waals surface area contributed by atoms with E-state index >= 15 is 0 Å². The number of cyclic esters (lactones) is 1. The molecule has 2 fully saturated rings. The number of rotatable bonds is 5. The van der Waals surface area contributed by atoms with Crippen molar-refractivity contribution in [2.45, 2.75) is 18.5 Å². The molecule has 32 heavy (non-hydrogen) atoms. The minimum atomic E-state index is -0.544. The highest BCUT2D eigenvalue weighted by molar-refractivity contribution is 5.95. The van der Waals surface area contributed by atoms with Gasteiger partial charge in [-0.05, 0) is 16.7 Å². The van der Waals surface area contributed by atoms with Crippen LogP contribution in [0.2, 0.25) is 0 Å². The van der Waals surface area contributed by atoms with Gasteiger partial charge in [-0.2, -0.15) is 0 Å². The van der Waals surface area contributed by atoms with Gasteiger partial charge in [-0.3, -0.25) is 9.69 Å². The lowest BCUT2D eigenvalue weighted by molar-refractivity contribution is -0.133. The second-order valence-corrected chi connectivity index (χ2v) is 8.51. The van der Waals surface area contributed by atoms with Crippen molar-refractivity contribution in [1.29, 1.82) is 0 Å². The summed E-state index contributed by atoms with van der Waals surface area (Å²) in [5.41, 5.74) is 3.27. The molecule has 5 nitrogen and oxygen atoms in total. The molecule has 0 unspecified atom stereocenters. The van der Waals surface area contributed by atoms with Gasteiger partial charge in [-0.1, -0.05) is 91.0 Å². The zero-order valence-corrected chi connectivity index (χ0v) is 17.8. The second-order valence-electron chi connectivity index (χ2n) is 8.51.